The fourth-order valence-electron chi connectivity index (χ4n) is 4.10. The zero-order chi connectivity index (χ0) is 22.7. The van der Waals surface area contributed by atoms with E-state index >= 15 is 0 Å². The Kier molecular flexibility index (Phi) is 6.16. The van der Waals surface area contributed by atoms with Crippen LogP contribution in [0.4, 0.5) is 13.6 Å². The molecule has 0 aliphatic heterocycles. The second-order valence-corrected chi connectivity index (χ2v) is 7.60. The van der Waals surface area contributed by atoms with E-state index in [0.29, 0.717) is 0 Å². The fourth-order valence-corrected chi connectivity index (χ4v) is 4.10. The third-order valence-corrected chi connectivity index (χ3v) is 5.68. The van der Waals surface area contributed by atoms with Gasteiger partial charge in [0.05, 0.1) is 0 Å². The number of hydrogen-bond donors (Lipinski definition) is 2. The second kappa shape index (κ2) is 9.18. The van der Waals surface area contributed by atoms with Crippen molar-refractivity contribution >= 4 is 12.1 Å². The van der Waals surface area contributed by atoms with Crippen LogP contribution in [0.1, 0.15) is 29.0 Å². The minimum Gasteiger partial charge on any atom is -0.480 e. The number of benzene rings is 3. The molecule has 1 aliphatic rings. The van der Waals surface area contributed by atoms with Crippen molar-refractivity contribution in [2.24, 2.45) is 0 Å². The van der Waals surface area contributed by atoms with Crippen LogP contribution in [-0.2, 0) is 16.0 Å². The molecule has 0 saturated heterocycles. The molecule has 3 aromatic carbocycles. The van der Waals surface area contributed by atoms with E-state index < -0.39 is 29.7 Å². The number of amides is 1. The highest BCUT2D eigenvalue weighted by Gasteiger charge is 2.29. The van der Waals surface area contributed by atoms with E-state index in [2.05, 4.69) is 5.32 Å². The molecule has 1 aliphatic carbocycles. The Labute approximate surface area is 183 Å². The summed E-state index contributed by atoms with van der Waals surface area (Å²) in [7, 11) is 0. The third kappa shape index (κ3) is 4.32. The van der Waals surface area contributed by atoms with E-state index in [1.165, 1.54) is 6.07 Å². The number of carboxylic acids is 1. The highest BCUT2D eigenvalue weighted by molar-refractivity contribution is 5.81. The van der Waals surface area contributed by atoms with Crippen LogP contribution < -0.4 is 5.32 Å². The quantitative estimate of drug-likeness (QED) is 0.552. The molecule has 1 atom stereocenters. The smallest absolute Gasteiger partial charge is 0.407 e. The van der Waals surface area contributed by atoms with Gasteiger partial charge in [-0.05, 0) is 47.2 Å². The van der Waals surface area contributed by atoms with Gasteiger partial charge in [0.15, 0.2) is 0 Å². The SMILES string of the molecule is O=C(N[C@H](CCc1c(F)cccc1F)C(=O)O)OCC1c2ccccc2-c2ccccc21. The van der Waals surface area contributed by atoms with Gasteiger partial charge < -0.3 is 15.2 Å². The highest BCUT2D eigenvalue weighted by Crippen LogP contribution is 2.44. The van der Waals surface area contributed by atoms with Crippen molar-refractivity contribution in [2.75, 3.05) is 6.61 Å². The maximum absolute atomic E-state index is 13.8. The summed E-state index contributed by atoms with van der Waals surface area (Å²) in [6.07, 6.45) is -1.26. The largest absolute Gasteiger partial charge is 0.480 e. The van der Waals surface area contributed by atoms with Crippen molar-refractivity contribution in [1.82, 2.24) is 5.32 Å². The van der Waals surface area contributed by atoms with Gasteiger partial charge in [-0.2, -0.15) is 0 Å². The Morgan fingerprint density at radius 1 is 0.906 bits per heavy atom. The number of carboxylic acid groups (broad SMARTS) is 1. The Hall–Kier alpha value is -3.74. The summed E-state index contributed by atoms with van der Waals surface area (Å²) < 4.78 is 33.0. The van der Waals surface area contributed by atoms with E-state index in [-0.39, 0.29) is 30.9 Å². The third-order valence-electron chi connectivity index (χ3n) is 5.68. The maximum Gasteiger partial charge on any atom is 0.407 e. The molecule has 3 aromatic rings. The van der Waals surface area contributed by atoms with Gasteiger partial charge in [-0.1, -0.05) is 54.6 Å². The molecule has 0 fully saturated rings. The molecular formula is C25H21F2NO4. The molecule has 164 valence electrons. The summed E-state index contributed by atoms with van der Waals surface area (Å²) in [4.78, 5) is 23.9. The molecule has 0 saturated carbocycles. The molecule has 5 nitrogen and oxygen atoms in total. The van der Waals surface area contributed by atoms with Gasteiger partial charge >= 0.3 is 12.1 Å². The topological polar surface area (TPSA) is 75.6 Å². The standard InChI is InChI=1S/C25H21F2NO4/c26-21-10-5-11-22(27)19(21)12-13-23(24(29)30)28-25(31)32-14-20-17-8-3-1-6-15(17)16-7-2-4-9-18(16)20/h1-11,20,23H,12-14H2,(H,28,31)(H,29,30)/t23-/m1/s1. The van der Waals surface area contributed by atoms with Gasteiger partial charge in [0.2, 0.25) is 0 Å². The molecule has 2 N–H and O–H groups in total. The molecule has 0 spiro atoms. The molecular weight excluding hydrogens is 416 g/mol. The van der Waals surface area contributed by atoms with E-state index in [4.69, 9.17) is 4.74 Å². The zero-order valence-electron chi connectivity index (χ0n) is 17.1. The molecule has 0 bridgehead atoms. The lowest BCUT2D eigenvalue weighted by molar-refractivity contribution is -0.139. The summed E-state index contributed by atoms with van der Waals surface area (Å²) in [6, 6.07) is 17.8. The Balaban J connectivity index is 1.40. The maximum atomic E-state index is 13.8. The van der Waals surface area contributed by atoms with E-state index in [1.54, 1.807) is 0 Å². The molecule has 0 unspecified atom stereocenters. The second-order valence-electron chi connectivity index (χ2n) is 7.60. The lowest BCUT2D eigenvalue weighted by atomic mass is 9.98. The van der Waals surface area contributed by atoms with Gasteiger partial charge in [0, 0.05) is 11.5 Å². The lowest BCUT2D eigenvalue weighted by Gasteiger charge is -2.17. The number of rotatable bonds is 7. The predicted molar refractivity (Wildman–Crippen MR) is 114 cm³/mol. The van der Waals surface area contributed by atoms with Gasteiger partial charge in [0.1, 0.15) is 24.3 Å². The monoisotopic (exact) mass is 437 g/mol. The van der Waals surface area contributed by atoms with Crippen molar-refractivity contribution < 1.29 is 28.2 Å². The molecule has 7 heteroatoms. The van der Waals surface area contributed by atoms with Gasteiger partial charge in [-0.15, -0.1) is 0 Å². The van der Waals surface area contributed by atoms with Crippen LogP contribution >= 0.6 is 0 Å². The number of nitrogens with one attached hydrogen (secondary N) is 1. The van der Waals surface area contributed by atoms with Crippen LogP contribution in [0.5, 0.6) is 0 Å². The average Bonchev–Trinajstić information content (AvgIpc) is 3.10. The number of ether oxygens (including phenoxy) is 1. The first-order chi connectivity index (χ1) is 15.5. The first-order valence-electron chi connectivity index (χ1n) is 10.2. The van der Waals surface area contributed by atoms with E-state index in [9.17, 15) is 23.5 Å². The van der Waals surface area contributed by atoms with E-state index in [1.807, 2.05) is 48.5 Å². The fraction of sp³-hybridized carbons (Fsp3) is 0.200. The molecule has 0 heterocycles. The van der Waals surface area contributed by atoms with Crippen molar-refractivity contribution in [2.45, 2.75) is 24.8 Å². The van der Waals surface area contributed by atoms with Crippen LogP contribution in [0.2, 0.25) is 0 Å². The summed E-state index contributed by atoms with van der Waals surface area (Å²) in [6.45, 7) is 0.0359. The van der Waals surface area contributed by atoms with Crippen molar-refractivity contribution in [3.05, 3.63) is 95.1 Å². The van der Waals surface area contributed by atoms with Crippen LogP contribution in [0, 0.1) is 11.6 Å². The van der Waals surface area contributed by atoms with Crippen molar-refractivity contribution in [1.29, 1.82) is 0 Å². The summed E-state index contributed by atoms with van der Waals surface area (Å²) in [5.74, 6) is -2.98. The van der Waals surface area contributed by atoms with Crippen LogP contribution in [0.3, 0.4) is 0 Å². The number of carbonyl (C=O) groups excluding carboxylic acids is 1. The molecule has 0 aromatic heterocycles. The van der Waals surface area contributed by atoms with Gasteiger partial charge in [0.25, 0.3) is 0 Å². The average molecular weight is 437 g/mol. The van der Waals surface area contributed by atoms with Gasteiger partial charge in [-0.3, -0.25) is 0 Å². The minimum absolute atomic E-state index is 0.0359. The zero-order valence-corrected chi connectivity index (χ0v) is 17.1. The van der Waals surface area contributed by atoms with Crippen LogP contribution in [0.25, 0.3) is 11.1 Å². The number of halogens is 2. The Bertz CT molecular complexity index is 1100. The lowest BCUT2D eigenvalue weighted by Crippen LogP contribution is -2.41. The number of fused-ring (bicyclic) bond motifs is 3. The predicted octanol–water partition coefficient (Wildman–Crippen LogP) is 4.89. The Morgan fingerprint density at radius 3 is 2.03 bits per heavy atom. The minimum atomic E-state index is -1.34. The first-order valence-corrected chi connectivity index (χ1v) is 10.2. The van der Waals surface area contributed by atoms with Crippen LogP contribution in [-0.4, -0.2) is 29.8 Å². The van der Waals surface area contributed by atoms with E-state index in [0.717, 1.165) is 34.4 Å². The number of carbonyl (C=O) groups is 2. The molecule has 32 heavy (non-hydrogen) atoms. The summed E-state index contributed by atoms with van der Waals surface area (Å²) in [5.41, 5.74) is 4.01. The highest BCUT2D eigenvalue weighted by atomic mass is 19.1. The summed E-state index contributed by atoms with van der Waals surface area (Å²) >= 11 is 0. The molecule has 1 amide bonds. The number of alkyl carbamates (subject to hydrolysis) is 1. The number of aliphatic carboxylic acids is 1. The van der Waals surface area contributed by atoms with Crippen molar-refractivity contribution in [3.8, 4) is 11.1 Å². The van der Waals surface area contributed by atoms with Crippen molar-refractivity contribution in [3.63, 3.8) is 0 Å². The van der Waals surface area contributed by atoms with Gasteiger partial charge in [-0.25, -0.2) is 18.4 Å². The molecule has 0 radical (unpaired) electrons. The van der Waals surface area contributed by atoms with Crippen LogP contribution in [0.15, 0.2) is 66.7 Å². The molecule has 4 rings (SSSR count). The number of hydrogen-bond acceptors (Lipinski definition) is 3. The Morgan fingerprint density at radius 2 is 1.47 bits per heavy atom. The normalized spacial score (nSPS) is 13.2. The summed E-state index contributed by atoms with van der Waals surface area (Å²) in [5, 5.41) is 11.7. The first kappa shape index (κ1) is 21.5.